The number of hydrogen-bond acceptors (Lipinski definition) is 5. The molecule has 31 heavy (non-hydrogen) atoms. The van der Waals surface area contributed by atoms with Crippen molar-refractivity contribution in [3.8, 4) is 0 Å². The standard InChI is InChI=1S/C24H28N4O3/c1-2-31-24(30)27-15-13-19(14-16-27)25-23(29)21-17-22(18-9-5-3-6-10-18)28(26-21)20-11-7-4-8-12-20/h3-12,19,22H,2,13-17H2,1H3,(H,25,29). The summed E-state index contributed by atoms with van der Waals surface area (Å²) in [6.07, 6.45) is 1.69. The van der Waals surface area contributed by atoms with Crippen LogP contribution in [0.25, 0.3) is 0 Å². The summed E-state index contributed by atoms with van der Waals surface area (Å²) in [5.41, 5.74) is 2.62. The Kier molecular flexibility index (Phi) is 6.50. The Labute approximate surface area is 182 Å². The van der Waals surface area contributed by atoms with Crippen molar-refractivity contribution >= 4 is 23.4 Å². The molecule has 7 nitrogen and oxygen atoms in total. The molecule has 1 fully saturated rings. The fourth-order valence-corrected chi connectivity index (χ4v) is 4.09. The van der Waals surface area contributed by atoms with Crippen LogP contribution in [0.2, 0.25) is 0 Å². The highest BCUT2D eigenvalue weighted by Crippen LogP contribution is 2.35. The van der Waals surface area contributed by atoms with Gasteiger partial charge in [0.05, 0.1) is 18.3 Å². The molecule has 2 amide bonds. The average Bonchev–Trinajstić information content (AvgIpc) is 3.27. The molecule has 2 aromatic carbocycles. The number of likely N-dealkylation sites (tertiary alicyclic amines) is 1. The summed E-state index contributed by atoms with van der Waals surface area (Å²) in [6, 6.07) is 20.1. The summed E-state index contributed by atoms with van der Waals surface area (Å²) in [5.74, 6) is -0.131. The third kappa shape index (κ3) is 4.87. The van der Waals surface area contributed by atoms with E-state index in [1.807, 2.05) is 53.5 Å². The number of benzene rings is 2. The average molecular weight is 421 g/mol. The smallest absolute Gasteiger partial charge is 0.409 e. The van der Waals surface area contributed by atoms with Gasteiger partial charge in [-0.05, 0) is 37.5 Å². The van der Waals surface area contributed by atoms with Crippen LogP contribution in [0, 0.1) is 0 Å². The first-order chi connectivity index (χ1) is 15.2. The van der Waals surface area contributed by atoms with Crippen molar-refractivity contribution < 1.29 is 14.3 Å². The first-order valence-electron chi connectivity index (χ1n) is 10.8. The minimum Gasteiger partial charge on any atom is -0.450 e. The molecule has 1 unspecified atom stereocenters. The van der Waals surface area contributed by atoms with Crippen molar-refractivity contribution in [1.82, 2.24) is 10.2 Å². The zero-order chi connectivity index (χ0) is 21.6. The Morgan fingerprint density at radius 3 is 2.32 bits per heavy atom. The van der Waals surface area contributed by atoms with Crippen molar-refractivity contribution in [2.75, 3.05) is 24.7 Å². The zero-order valence-electron chi connectivity index (χ0n) is 17.7. The second-order valence-electron chi connectivity index (χ2n) is 7.79. The van der Waals surface area contributed by atoms with E-state index in [-0.39, 0.29) is 24.1 Å². The molecule has 0 aromatic heterocycles. The van der Waals surface area contributed by atoms with Crippen LogP contribution in [0.3, 0.4) is 0 Å². The van der Waals surface area contributed by atoms with E-state index >= 15 is 0 Å². The molecule has 0 spiro atoms. The largest absolute Gasteiger partial charge is 0.450 e. The van der Waals surface area contributed by atoms with Gasteiger partial charge in [0.2, 0.25) is 0 Å². The molecular weight excluding hydrogens is 392 g/mol. The maximum absolute atomic E-state index is 13.0. The van der Waals surface area contributed by atoms with Crippen LogP contribution in [0.5, 0.6) is 0 Å². The molecule has 7 heteroatoms. The molecule has 0 aliphatic carbocycles. The maximum Gasteiger partial charge on any atom is 0.409 e. The molecule has 2 aliphatic rings. The lowest BCUT2D eigenvalue weighted by molar-refractivity contribution is -0.115. The second-order valence-corrected chi connectivity index (χ2v) is 7.79. The van der Waals surface area contributed by atoms with Gasteiger partial charge in [-0.1, -0.05) is 48.5 Å². The fraction of sp³-hybridized carbons (Fsp3) is 0.375. The van der Waals surface area contributed by atoms with Crippen LogP contribution in [-0.4, -0.2) is 48.4 Å². The van der Waals surface area contributed by atoms with Crippen molar-refractivity contribution in [3.05, 3.63) is 66.2 Å². The molecule has 1 N–H and O–H groups in total. The van der Waals surface area contributed by atoms with E-state index in [1.165, 1.54) is 0 Å². The Balaban J connectivity index is 1.43. The fourth-order valence-electron chi connectivity index (χ4n) is 4.09. The van der Waals surface area contributed by atoms with Crippen LogP contribution in [-0.2, 0) is 9.53 Å². The topological polar surface area (TPSA) is 74.2 Å². The number of anilines is 1. The van der Waals surface area contributed by atoms with Crippen molar-refractivity contribution in [2.45, 2.75) is 38.3 Å². The van der Waals surface area contributed by atoms with Gasteiger partial charge in [0.15, 0.2) is 0 Å². The van der Waals surface area contributed by atoms with Crippen LogP contribution >= 0.6 is 0 Å². The van der Waals surface area contributed by atoms with Crippen molar-refractivity contribution in [2.24, 2.45) is 5.10 Å². The quantitative estimate of drug-likeness (QED) is 0.800. The van der Waals surface area contributed by atoms with E-state index in [2.05, 4.69) is 17.4 Å². The predicted octanol–water partition coefficient (Wildman–Crippen LogP) is 3.73. The number of ether oxygens (including phenoxy) is 1. The Hall–Kier alpha value is -3.35. The zero-order valence-corrected chi connectivity index (χ0v) is 17.7. The number of nitrogens with zero attached hydrogens (tertiary/aromatic N) is 3. The first-order valence-corrected chi connectivity index (χ1v) is 10.8. The van der Waals surface area contributed by atoms with Gasteiger partial charge in [-0.3, -0.25) is 9.80 Å². The summed E-state index contributed by atoms with van der Waals surface area (Å²) in [6.45, 7) is 3.34. The molecule has 0 saturated carbocycles. The van der Waals surface area contributed by atoms with E-state index in [1.54, 1.807) is 11.8 Å². The Morgan fingerprint density at radius 2 is 1.68 bits per heavy atom. The SMILES string of the molecule is CCOC(=O)N1CCC(NC(=O)C2=NN(c3ccccc3)C(c3ccccc3)C2)CC1. The van der Waals surface area contributed by atoms with Gasteiger partial charge in [0, 0.05) is 25.6 Å². The summed E-state index contributed by atoms with van der Waals surface area (Å²) in [4.78, 5) is 26.6. The normalized spacial score (nSPS) is 19.1. The van der Waals surface area contributed by atoms with E-state index in [0.717, 1.165) is 11.3 Å². The summed E-state index contributed by atoms with van der Waals surface area (Å²) in [5, 5.41) is 9.76. The molecule has 1 saturated heterocycles. The summed E-state index contributed by atoms with van der Waals surface area (Å²) < 4.78 is 5.06. The molecule has 4 rings (SSSR count). The third-order valence-electron chi connectivity index (χ3n) is 5.73. The molecule has 2 aliphatic heterocycles. The van der Waals surface area contributed by atoms with Crippen LogP contribution < -0.4 is 10.3 Å². The van der Waals surface area contributed by atoms with E-state index < -0.39 is 0 Å². The lowest BCUT2D eigenvalue weighted by Crippen LogP contribution is -2.48. The number of hydrogen-bond donors (Lipinski definition) is 1. The van der Waals surface area contributed by atoms with Gasteiger partial charge in [-0.25, -0.2) is 4.79 Å². The van der Waals surface area contributed by atoms with Gasteiger partial charge in [0.1, 0.15) is 5.71 Å². The van der Waals surface area contributed by atoms with Gasteiger partial charge >= 0.3 is 6.09 Å². The van der Waals surface area contributed by atoms with E-state index in [4.69, 9.17) is 9.84 Å². The highest BCUT2D eigenvalue weighted by Gasteiger charge is 2.33. The van der Waals surface area contributed by atoms with Gasteiger partial charge in [0.25, 0.3) is 5.91 Å². The summed E-state index contributed by atoms with van der Waals surface area (Å²) in [7, 11) is 0. The van der Waals surface area contributed by atoms with E-state index in [0.29, 0.717) is 44.7 Å². The minimum absolute atomic E-state index is 0.0185. The van der Waals surface area contributed by atoms with E-state index in [9.17, 15) is 9.59 Å². The number of piperidine rings is 1. The number of amides is 2. The number of rotatable bonds is 5. The minimum atomic E-state index is -0.281. The lowest BCUT2D eigenvalue weighted by Gasteiger charge is -2.31. The monoisotopic (exact) mass is 420 g/mol. The van der Waals surface area contributed by atoms with Gasteiger partial charge < -0.3 is 15.0 Å². The van der Waals surface area contributed by atoms with Crippen molar-refractivity contribution in [3.63, 3.8) is 0 Å². The predicted molar refractivity (Wildman–Crippen MR) is 120 cm³/mol. The van der Waals surface area contributed by atoms with Crippen LogP contribution in [0.1, 0.15) is 37.8 Å². The Bertz CT molecular complexity index is 924. The highest BCUT2D eigenvalue weighted by molar-refractivity contribution is 6.39. The number of nitrogens with one attached hydrogen (secondary N) is 1. The number of carbonyl (C=O) groups excluding carboxylic acids is 2. The lowest BCUT2D eigenvalue weighted by atomic mass is 10.0. The number of hydrazone groups is 1. The molecule has 0 bridgehead atoms. The molecular formula is C24H28N4O3. The molecule has 0 radical (unpaired) electrons. The molecule has 2 heterocycles. The second kappa shape index (κ2) is 9.64. The van der Waals surface area contributed by atoms with Crippen LogP contribution in [0.15, 0.2) is 65.8 Å². The molecule has 162 valence electrons. The van der Waals surface area contributed by atoms with Crippen molar-refractivity contribution in [1.29, 1.82) is 0 Å². The van der Waals surface area contributed by atoms with Gasteiger partial charge in [-0.15, -0.1) is 0 Å². The number of para-hydroxylation sites is 1. The number of carbonyl (C=O) groups is 2. The first kappa shape index (κ1) is 20.9. The van der Waals surface area contributed by atoms with Gasteiger partial charge in [-0.2, -0.15) is 5.10 Å². The molecule has 2 aromatic rings. The van der Waals surface area contributed by atoms with Crippen LogP contribution in [0.4, 0.5) is 10.5 Å². The molecule has 1 atom stereocenters. The Morgan fingerprint density at radius 1 is 1.03 bits per heavy atom. The highest BCUT2D eigenvalue weighted by atomic mass is 16.6. The summed E-state index contributed by atoms with van der Waals surface area (Å²) >= 11 is 0. The third-order valence-corrected chi connectivity index (χ3v) is 5.73. The maximum atomic E-state index is 13.0.